The van der Waals surface area contributed by atoms with Gasteiger partial charge in [0.2, 0.25) is 0 Å². The lowest BCUT2D eigenvalue weighted by atomic mass is 9.73. The number of esters is 1. The molecule has 0 fully saturated rings. The first kappa shape index (κ1) is 21.4. The Labute approximate surface area is 176 Å². The van der Waals surface area contributed by atoms with Gasteiger partial charge in [0.05, 0.1) is 27.9 Å². The topological polar surface area (TPSA) is 71.1 Å². The maximum Gasteiger partial charge on any atom is 0.317 e. The first-order chi connectivity index (χ1) is 14.5. The third-order valence-corrected chi connectivity index (χ3v) is 5.30. The summed E-state index contributed by atoms with van der Waals surface area (Å²) in [7, 11) is 4.75. The van der Waals surface area contributed by atoms with Gasteiger partial charge in [0.1, 0.15) is 23.2 Å². The van der Waals surface area contributed by atoms with Crippen molar-refractivity contribution in [2.75, 3.05) is 27.9 Å². The summed E-state index contributed by atoms with van der Waals surface area (Å²) >= 11 is 0. The summed E-state index contributed by atoms with van der Waals surface area (Å²) in [5.41, 5.74) is 2.48. The summed E-state index contributed by atoms with van der Waals surface area (Å²) in [6.45, 7) is 1.96. The summed E-state index contributed by atoms with van der Waals surface area (Å²) in [6.07, 6.45) is 2.02. The van der Waals surface area contributed by atoms with Gasteiger partial charge in [-0.15, -0.1) is 0 Å². The highest BCUT2D eigenvalue weighted by molar-refractivity contribution is 6.11. The maximum atomic E-state index is 13.1. The Morgan fingerprint density at radius 2 is 1.63 bits per heavy atom. The van der Waals surface area contributed by atoms with Crippen LogP contribution in [-0.4, -0.2) is 39.7 Å². The number of carbonyl (C=O) groups is 2. The van der Waals surface area contributed by atoms with E-state index in [1.54, 1.807) is 34.3 Å². The number of allylic oxidation sites excluding steroid dienone is 2. The Bertz CT molecular complexity index is 945. The van der Waals surface area contributed by atoms with E-state index in [0.29, 0.717) is 23.7 Å². The van der Waals surface area contributed by atoms with Crippen LogP contribution in [0.25, 0.3) is 5.57 Å². The molecule has 2 aromatic rings. The van der Waals surface area contributed by atoms with Crippen molar-refractivity contribution in [1.82, 2.24) is 0 Å². The molecule has 158 valence electrons. The van der Waals surface area contributed by atoms with Crippen LogP contribution >= 0.6 is 0 Å². The van der Waals surface area contributed by atoms with Crippen LogP contribution in [0.4, 0.5) is 0 Å². The Balaban J connectivity index is 2.04. The zero-order valence-electron chi connectivity index (χ0n) is 17.6. The molecule has 0 bridgehead atoms. The van der Waals surface area contributed by atoms with Gasteiger partial charge in [-0.2, -0.15) is 0 Å². The number of rotatable bonds is 7. The van der Waals surface area contributed by atoms with E-state index in [2.05, 4.69) is 0 Å². The molecule has 30 heavy (non-hydrogen) atoms. The first-order valence-electron chi connectivity index (χ1n) is 9.79. The predicted octanol–water partition coefficient (Wildman–Crippen LogP) is 4.03. The second kappa shape index (κ2) is 9.48. The van der Waals surface area contributed by atoms with Crippen LogP contribution in [0, 0.1) is 5.92 Å². The fourth-order valence-corrected chi connectivity index (χ4v) is 3.80. The van der Waals surface area contributed by atoms with Crippen LogP contribution in [0.5, 0.6) is 17.2 Å². The monoisotopic (exact) mass is 410 g/mol. The van der Waals surface area contributed by atoms with Gasteiger partial charge >= 0.3 is 5.97 Å². The largest absolute Gasteiger partial charge is 0.497 e. The average Bonchev–Trinajstić information content (AvgIpc) is 2.78. The smallest absolute Gasteiger partial charge is 0.317 e. The van der Waals surface area contributed by atoms with Crippen LogP contribution in [-0.2, 0) is 14.3 Å². The number of hydrogen-bond donors (Lipinski definition) is 0. The van der Waals surface area contributed by atoms with E-state index in [-0.39, 0.29) is 18.3 Å². The number of hydrogen-bond acceptors (Lipinski definition) is 6. The summed E-state index contributed by atoms with van der Waals surface area (Å²) in [5.74, 6) is -0.0265. The van der Waals surface area contributed by atoms with Crippen LogP contribution in [0.1, 0.15) is 30.4 Å². The predicted molar refractivity (Wildman–Crippen MR) is 113 cm³/mol. The molecule has 3 rings (SSSR count). The Hall–Kier alpha value is -3.28. The first-order valence-corrected chi connectivity index (χ1v) is 9.79. The molecule has 6 nitrogen and oxygen atoms in total. The molecular weight excluding hydrogens is 384 g/mol. The molecule has 1 aliphatic rings. The van der Waals surface area contributed by atoms with Gasteiger partial charge in [-0.1, -0.05) is 12.1 Å². The second-order valence-electron chi connectivity index (χ2n) is 6.95. The highest BCUT2D eigenvalue weighted by atomic mass is 16.5. The molecule has 0 aromatic heterocycles. The molecular formula is C24H26O6. The average molecular weight is 410 g/mol. The Kier molecular flexibility index (Phi) is 6.77. The molecule has 1 aliphatic carbocycles. The normalized spacial score (nSPS) is 18.4. The number of benzene rings is 2. The molecule has 0 N–H and O–H groups in total. The summed E-state index contributed by atoms with van der Waals surface area (Å²) in [6, 6.07) is 12.9. The van der Waals surface area contributed by atoms with E-state index in [9.17, 15) is 9.59 Å². The highest BCUT2D eigenvalue weighted by Gasteiger charge is 2.40. The van der Waals surface area contributed by atoms with Crippen molar-refractivity contribution in [2.24, 2.45) is 5.92 Å². The third kappa shape index (κ3) is 4.32. The Morgan fingerprint density at radius 1 is 0.967 bits per heavy atom. The fraction of sp³-hybridized carbons (Fsp3) is 0.333. The number of methoxy groups -OCH3 is 3. The summed E-state index contributed by atoms with van der Waals surface area (Å²) in [4.78, 5) is 25.7. The van der Waals surface area contributed by atoms with E-state index in [0.717, 1.165) is 16.7 Å². The lowest BCUT2D eigenvalue weighted by molar-refractivity contribution is -0.151. The number of ketones is 1. The number of ether oxygens (including phenoxy) is 4. The lowest BCUT2D eigenvalue weighted by Crippen LogP contribution is -2.34. The molecule has 2 atom stereocenters. The van der Waals surface area contributed by atoms with E-state index in [1.807, 2.05) is 36.4 Å². The SMILES string of the molecule is CCOC(=O)[C@H]1C(=O)C=C(c2ccc(OC)cc2OC)C[C@H]1c1ccc(OC)cc1. The molecule has 0 unspecified atom stereocenters. The molecule has 0 saturated heterocycles. The molecule has 0 aliphatic heterocycles. The number of carbonyl (C=O) groups excluding carboxylic acids is 2. The second-order valence-corrected chi connectivity index (χ2v) is 6.95. The standard InChI is InChI=1S/C24H26O6/c1-5-30-24(26)23-20(15-6-8-17(27-2)9-7-15)12-16(13-21(23)25)19-11-10-18(28-3)14-22(19)29-4/h6-11,13-14,20,23H,5,12H2,1-4H3/t20-,23+/m0/s1. The van der Waals surface area contributed by atoms with Gasteiger partial charge in [-0.05, 0) is 54.8 Å². The van der Waals surface area contributed by atoms with Gasteiger partial charge in [0, 0.05) is 17.5 Å². The van der Waals surface area contributed by atoms with Crippen molar-refractivity contribution in [3.8, 4) is 17.2 Å². The van der Waals surface area contributed by atoms with Gasteiger partial charge in [-0.25, -0.2) is 0 Å². The molecule has 0 amide bonds. The molecule has 6 heteroatoms. The van der Waals surface area contributed by atoms with Crippen LogP contribution in [0.15, 0.2) is 48.5 Å². The van der Waals surface area contributed by atoms with Gasteiger partial charge in [0.15, 0.2) is 5.78 Å². The molecule has 2 aromatic carbocycles. The lowest BCUT2D eigenvalue weighted by Gasteiger charge is -2.30. The summed E-state index contributed by atoms with van der Waals surface area (Å²) < 4.78 is 21.2. The van der Waals surface area contributed by atoms with Crippen molar-refractivity contribution >= 4 is 17.3 Å². The minimum atomic E-state index is -0.883. The van der Waals surface area contributed by atoms with E-state index < -0.39 is 11.9 Å². The van der Waals surface area contributed by atoms with Crippen LogP contribution in [0.2, 0.25) is 0 Å². The van der Waals surface area contributed by atoms with Gasteiger partial charge in [-0.3, -0.25) is 9.59 Å². The zero-order chi connectivity index (χ0) is 21.7. The zero-order valence-corrected chi connectivity index (χ0v) is 17.6. The quantitative estimate of drug-likeness (QED) is 0.507. The molecule has 0 saturated carbocycles. The van der Waals surface area contributed by atoms with Crippen molar-refractivity contribution in [2.45, 2.75) is 19.3 Å². The van der Waals surface area contributed by atoms with E-state index in [4.69, 9.17) is 18.9 Å². The van der Waals surface area contributed by atoms with Crippen LogP contribution in [0.3, 0.4) is 0 Å². The fourth-order valence-electron chi connectivity index (χ4n) is 3.80. The van der Waals surface area contributed by atoms with Gasteiger partial charge < -0.3 is 18.9 Å². The molecule has 0 spiro atoms. The van der Waals surface area contributed by atoms with Gasteiger partial charge in [0.25, 0.3) is 0 Å². The minimum absolute atomic E-state index is 0.223. The summed E-state index contributed by atoms with van der Waals surface area (Å²) in [5, 5.41) is 0. The van der Waals surface area contributed by atoms with E-state index >= 15 is 0 Å². The van der Waals surface area contributed by atoms with Crippen molar-refractivity contribution in [1.29, 1.82) is 0 Å². The molecule has 0 heterocycles. The van der Waals surface area contributed by atoms with Crippen molar-refractivity contribution in [3.63, 3.8) is 0 Å². The Morgan fingerprint density at radius 3 is 2.23 bits per heavy atom. The highest BCUT2D eigenvalue weighted by Crippen LogP contribution is 2.43. The van der Waals surface area contributed by atoms with E-state index in [1.165, 1.54) is 6.08 Å². The van der Waals surface area contributed by atoms with Crippen LogP contribution < -0.4 is 14.2 Å². The molecule has 0 radical (unpaired) electrons. The van der Waals surface area contributed by atoms with Crippen molar-refractivity contribution < 1.29 is 28.5 Å². The van der Waals surface area contributed by atoms with Crippen molar-refractivity contribution in [3.05, 3.63) is 59.7 Å². The maximum absolute atomic E-state index is 13.1. The minimum Gasteiger partial charge on any atom is -0.497 e. The third-order valence-electron chi connectivity index (χ3n) is 5.30.